The summed E-state index contributed by atoms with van der Waals surface area (Å²) in [5, 5.41) is 2.33. The Morgan fingerprint density at radius 1 is 1.38 bits per heavy atom. The zero-order valence-electron chi connectivity index (χ0n) is 9.91. The van der Waals surface area contributed by atoms with Crippen molar-refractivity contribution in [1.82, 2.24) is 10.4 Å². The van der Waals surface area contributed by atoms with Crippen LogP contribution in [0.5, 0.6) is 0 Å². The molecule has 1 atom stereocenters. The molecule has 1 aliphatic heterocycles. The highest BCUT2D eigenvalue weighted by atomic mass is 32.1. The molecule has 0 saturated carbocycles. The second kappa shape index (κ2) is 5.77. The molecule has 1 saturated heterocycles. The molecule has 0 spiro atoms. The normalized spacial score (nSPS) is 19.9. The number of thiophene rings is 1. The van der Waals surface area contributed by atoms with Crippen LogP contribution in [0.2, 0.25) is 0 Å². The average molecular weight is 239 g/mol. The number of nitrogens with one attached hydrogen (secondary N) is 1. The van der Waals surface area contributed by atoms with Crippen LogP contribution in [0, 0.1) is 6.92 Å². The van der Waals surface area contributed by atoms with Gasteiger partial charge in [-0.15, -0.1) is 11.3 Å². The second-order valence-electron chi connectivity index (χ2n) is 4.41. The molecule has 3 N–H and O–H groups in total. The Kier molecular flexibility index (Phi) is 4.35. The molecule has 2 rings (SSSR count). The number of rotatable bonds is 4. The number of nitrogens with zero attached hydrogens (tertiary/aromatic N) is 1. The highest BCUT2D eigenvalue weighted by molar-refractivity contribution is 7.12. The molecule has 1 fully saturated rings. The Hall–Kier alpha value is -0.420. The van der Waals surface area contributed by atoms with E-state index in [2.05, 4.69) is 29.5 Å². The van der Waals surface area contributed by atoms with Gasteiger partial charge in [0, 0.05) is 29.4 Å². The van der Waals surface area contributed by atoms with Crippen LogP contribution in [-0.2, 0) is 0 Å². The maximum atomic E-state index is 5.85. The fourth-order valence-electron chi connectivity index (χ4n) is 2.12. The molecule has 1 aliphatic rings. The maximum absolute atomic E-state index is 5.85. The van der Waals surface area contributed by atoms with Crippen LogP contribution in [0.3, 0.4) is 0 Å². The molecule has 1 aromatic heterocycles. The smallest absolute Gasteiger partial charge is 0.0680 e. The van der Waals surface area contributed by atoms with Crippen molar-refractivity contribution in [2.45, 2.75) is 32.2 Å². The van der Waals surface area contributed by atoms with Gasteiger partial charge < -0.3 is 5.73 Å². The minimum Gasteiger partial charge on any atom is -0.329 e. The van der Waals surface area contributed by atoms with Crippen molar-refractivity contribution in [2.24, 2.45) is 5.73 Å². The Morgan fingerprint density at radius 2 is 2.12 bits per heavy atom. The van der Waals surface area contributed by atoms with Crippen molar-refractivity contribution >= 4 is 11.3 Å². The van der Waals surface area contributed by atoms with E-state index < -0.39 is 0 Å². The molecule has 90 valence electrons. The molecule has 0 aromatic carbocycles. The lowest BCUT2D eigenvalue weighted by atomic mass is 10.1. The third-order valence-electron chi connectivity index (χ3n) is 3.03. The van der Waals surface area contributed by atoms with Crippen LogP contribution in [0.1, 0.15) is 35.1 Å². The fourth-order valence-corrected chi connectivity index (χ4v) is 3.05. The summed E-state index contributed by atoms with van der Waals surface area (Å²) in [6.45, 7) is 5.11. The third-order valence-corrected chi connectivity index (χ3v) is 4.15. The van der Waals surface area contributed by atoms with E-state index in [9.17, 15) is 0 Å². The fraction of sp³-hybridized carbons (Fsp3) is 0.667. The molecule has 16 heavy (non-hydrogen) atoms. The van der Waals surface area contributed by atoms with Gasteiger partial charge in [0.05, 0.1) is 6.04 Å². The monoisotopic (exact) mass is 239 g/mol. The number of hydrogen-bond acceptors (Lipinski definition) is 4. The van der Waals surface area contributed by atoms with Crippen LogP contribution in [0.4, 0.5) is 0 Å². The summed E-state index contributed by atoms with van der Waals surface area (Å²) < 4.78 is 0. The van der Waals surface area contributed by atoms with Gasteiger partial charge in [0.1, 0.15) is 0 Å². The van der Waals surface area contributed by atoms with E-state index in [4.69, 9.17) is 5.73 Å². The zero-order valence-corrected chi connectivity index (χ0v) is 10.7. The zero-order chi connectivity index (χ0) is 11.4. The average Bonchev–Trinajstić information content (AvgIpc) is 2.74. The SMILES string of the molecule is Cc1ccc(C(CN)NN2CCCCC2)s1. The van der Waals surface area contributed by atoms with Gasteiger partial charge in [-0.25, -0.2) is 10.4 Å². The largest absolute Gasteiger partial charge is 0.329 e. The van der Waals surface area contributed by atoms with Gasteiger partial charge >= 0.3 is 0 Å². The topological polar surface area (TPSA) is 41.3 Å². The number of hydrogen-bond donors (Lipinski definition) is 2. The number of nitrogens with two attached hydrogens (primary N) is 1. The minimum absolute atomic E-state index is 0.289. The standard InChI is InChI=1S/C12H21N3S/c1-10-5-6-12(16-10)11(9-13)14-15-7-3-2-4-8-15/h5-6,11,14H,2-4,7-9,13H2,1H3. The van der Waals surface area contributed by atoms with Crippen LogP contribution < -0.4 is 11.2 Å². The van der Waals surface area contributed by atoms with Gasteiger partial charge in [0.2, 0.25) is 0 Å². The molecule has 2 heterocycles. The molecule has 1 aromatic rings. The van der Waals surface area contributed by atoms with Crippen molar-refractivity contribution in [3.63, 3.8) is 0 Å². The van der Waals surface area contributed by atoms with Gasteiger partial charge in [-0.2, -0.15) is 0 Å². The second-order valence-corrected chi connectivity index (χ2v) is 5.73. The molecule has 0 bridgehead atoms. The van der Waals surface area contributed by atoms with Gasteiger partial charge in [-0.05, 0) is 31.9 Å². The lowest BCUT2D eigenvalue weighted by molar-refractivity contribution is 0.131. The first-order valence-electron chi connectivity index (χ1n) is 6.07. The number of piperidine rings is 1. The Morgan fingerprint density at radius 3 is 2.69 bits per heavy atom. The van der Waals surface area contributed by atoms with E-state index in [-0.39, 0.29) is 6.04 Å². The van der Waals surface area contributed by atoms with E-state index in [1.54, 1.807) is 0 Å². The summed E-state index contributed by atoms with van der Waals surface area (Å²) >= 11 is 1.84. The summed E-state index contributed by atoms with van der Waals surface area (Å²) in [6, 6.07) is 4.64. The predicted molar refractivity (Wildman–Crippen MR) is 69.4 cm³/mol. The highest BCUT2D eigenvalue weighted by Crippen LogP contribution is 2.22. The first-order chi connectivity index (χ1) is 7.79. The van der Waals surface area contributed by atoms with Crippen molar-refractivity contribution in [3.8, 4) is 0 Å². The highest BCUT2D eigenvalue weighted by Gasteiger charge is 2.16. The first kappa shape index (κ1) is 12.0. The van der Waals surface area contributed by atoms with E-state index in [0.717, 1.165) is 13.1 Å². The Labute approximate surface area is 102 Å². The Bertz CT molecular complexity index is 318. The van der Waals surface area contributed by atoms with E-state index in [1.807, 2.05) is 11.3 Å². The van der Waals surface area contributed by atoms with Crippen LogP contribution >= 0.6 is 11.3 Å². The quantitative estimate of drug-likeness (QED) is 0.845. The maximum Gasteiger partial charge on any atom is 0.0680 e. The molecular formula is C12H21N3S. The van der Waals surface area contributed by atoms with E-state index >= 15 is 0 Å². The minimum atomic E-state index is 0.289. The molecule has 3 nitrogen and oxygen atoms in total. The van der Waals surface area contributed by atoms with Crippen molar-refractivity contribution in [1.29, 1.82) is 0 Å². The lowest BCUT2D eigenvalue weighted by Gasteiger charge is -2.30. The lowest BCUT2D eigenvalue weighted by Crippen LogP contribution is -2.45. The predicted octanol–water partition coefficient (Wildman–Crippen LogP) is 2.05. The van der Waals surface area contributed by atoms with Crippen LogP contribution in [0.25, 0.3) is 0 Å². The summed E-state index contributed by atoms with van der Waals surface area (Å²) in [5.41, 5.74) is 9.40. The van der Waals surface area contributed by atoms with Crippen LogP contribution in [0.15, 0.2) is 12.1 Å². The van der Waals surface area contributed by atoms with E-state index in [1.165, 1.54) is 29.0 Å². The molecule has 0 aliphatic carbocycles. The molecule has 0 amide bonds. The first-order valence-corrected chi connectivity index (χ1v) is 6.89. The van der Waals surface area contributed by atoms with Crippen molar-refractivity contribution in [3.05, 3.63) is 21.9 Å². The number of hydrazine groups is 1. The van der Waals surface area contributed by atoms with Gasteiger partial charge in [0.25, 0.3) is 0 Å². The summed E-state index contributed by atoms with van der Waals surface area (Å²) in [7, 11) is 0. The summed E-state index contributed by atoms with van der Waals surface area (Å²) in [6.07, 6.45) is 3.96. The van der Waals surface area contributed by atoms with Crippen molar-refractivity contribution in [2.75, 3.05) is 19.6 Å². The molecule has 0 radical (unpaired) electrons. The third kappa shape index (κ3) is 3.04. The van der Waals surface area contributed by atoms with Gasteiger partial charge in [-0.3, -0.25) is 0 Å². The van der Waals surface area contributed by atoms with E-state index in [0.29, 0.717) is 6.54 Å². The van der Waals surface area contributed by atoms with Gasteiger partial charge in [-0.1, -0.05) is 6.42 Å². The summed E-state index contributed by atoms with van der Waals surface area (Å²) in [5.74, 6) is 0. The van der Waals surface area contributed by atoms with Gasteiger partial charge in [0.15, 0.2) is 0 Å². The molecule has 4 heteroatoms. The molecule has 1 unspecified atom stereocenters. The number of aryl methyl sites for hydroxylation is 1. The molecular weight excluding hydrogens is 218 g/mol. The van der Waals surface area contributed by atoms with Crippen LogP contribution in [-0.4, -0.2) is 24.6 Å². The Balaban J connectivity index is 1.94. The summed E-state index contributed by atoms with van der Waals surface area (Å²) in [4.78, 5) is 2.71. The van der Waals surface area contributed by atoms with Crippen molar-refractivity contribution < 1.29 is 0 Å².